The van der Waals surface area contributed by atoms with Crippen LogP contribution in [0.2, 0.25) is 0 Å². The number of halogens is 3. The molecule has 1 atom stereocenters. The Morgan fingerprint density at radius 1 is 1.24 bits per heavy atom. The van der Waals surface area contributed by atoms with Crippen molar-refractivity contribution in [3.05, 3.63) is 59.5 Å². The number of alkyl halides is 3. The predicted molar refractivity (Wildman–Crippen MR) is 67.4 cm³/mol. The van der Waals surface area contributed by atoms with Gasteiger partial charge in [-0.2, -0.15) is 13.2 Å². The molecule has 1 heterocycles. The number of benzene rings is 1. The van der Waals surface area contributed by atoms with Crippen LogP contribution in [0.5, 0.6) is 0 Å². The second kappa shape index (κ2) is 6.01. The summed E-state index contributed by atoms with van der Waals surface area (Å²) in [5.41, 5.74) is -0.513. The molecular weight excluding hydrogens is 287 g/mol. The lowest BCUT2D eigenvalue weighted by Crippen LogP contribution is -2.28. The second-order valence-corrected chi connectivity index (χ2v) is 4.32. The van der Waals surface area contributed by atoms with Crippen LogP contribution < -0.4 is 5.32 Å². The van der Waals surface area contributed by atoms with Crippen LogP contribution in [0.1, 0.15) is 27.8 Å². The molecule has 0 aliphatic rings. The van der Waals surface area contributed by atoms with Gasteiger partial charge in [0, 0.05) is 6.54 Å². The topological polar surface area (TPSA) is 62.5 Å². The first-order chi connectivity index (χ1) is 9.88. The van der Waals surface area contributed by atoms with E-state index in [4.69, 9.17) is 4.42 Å². The third kappa shape index (κ3) is 3.85. The summed E-state index contributed by atoms with van der Waals surface area (Å²) in [6.45, 7) is -0.134. The molecule has 0 spiro atoms. The molecule has 0 aliphatic heterocycles. The minimum absolute atomic E-state index is 0.0922. The summed E-state index contributed by atoms with van der Waals surface area (Å²) in [5.74, 6) is -0.416. The van der Waals surface area contributed by atoms with Gasteiger partial charge in [0.2, 0.25) is 0 Å². The third-order valence-electron chi connectivity index (χ3n) is 2.82. The summed E-state index contributed by atoms with van der Waals surface area (Å²) in [5, 5.41) is 12.3. The molecule has 2 aromatic rings. The van der Waals surface area contributed by atoms with Crippen molar-refractivity contribution in [1.29, 1.82) is 0 Å². The predicted octanol–water partition coefficient (Wildman–Crippen LogP) is 2.76. The average molecular weight is 299 g/mol. The van der Waals surface area contributed by atoms with Crippen LogP contribution in [-0.2, 0) is 6.18 Å². The highest BCUT2D eigenvalue weighted by molar-refractivity contribution is 5.91. The smallest absolute Gasteiger partial charge is 0.416 e. The molecule has 0 saturated heterocycles. The zero-order valence-electron chi connectivity index (χ0n) is 10.7. The summed E-state index contributed by atoms with van der Waals surface area (Å²) in [6.07, 6.45) is -4.19. The quantitative estimate of drug-likeness (QED) is 0.912. The highest BCUT2D eigenvalue weighted by atomic mass is 19.4. The number of rotatable bonds is 4. The van der Waals surface area contributed by atoms with Crippen LogP contribution in [-0.4, -0.2) is 17.6 Å². The molecule has 1 aromatic carbocycles. The maximum Gasteiger partial charge on any atom is 0.416 e. The number of carbonyl (C=O) groups is 1. The number of furan rings is 1. The number of hydrogen-bond donors (Lipinski definition) is 2. The third-order valence-corrected chi connectivity index (χ3v) is 2.82. The van der Waals surface area contributed by atoms with Crippen LogP contribution in [0.15, 0.2) is 47.1 Å². The maximum atomic E-state index is 12.4. The molecule has 1 amide bonds. The van der Waals surface area contributed by atoms with Crippen molar-refractivity contribution in [3.8, 4) is 0 Å². The summed E-state index contributed by atoms with van der Waals surface area (Å²) in [7, 11) is 0. The van der Waals surface area contributed by atoms with Gasteiger partial charge in [-0.25, -0.2) is 0 Å². The Labute approximate surface area is 118 Å². The number of aliphatic hydroxyl groups is 1. The van der Waals surface area contributed by atoms with Crippen LogP contribution in [0.4, 0.5) is 13.2 Å². The van der Waals surface area contributed by atoms with Crippen LogP contribution in [0, 0.1) is 0 Å². The van der Waals surface area contributed by atoms with Gasteiger partial charge >= 0.3 is 6.18 Å². The van der Waals surface area contributed by atoms with E-state index in [9.17, 15) is 23.1 Å². The number of nitrogens with one attached hydrogen (secondary N) is 1. The molecule has 2 rings (SSSR count). The van der Waals surface area contributed by atoms with E-state index in [1.807, 2.05) is 0 Å². The van der Waals surface area contributed by atoms with Crippen LogP contribution in [0.3, 0.4) is 0 Å². The number of carbonyl (C=O) groups excluding carboxylic acids is 1. The monoisotopic (exact) mass is 299 g/mol. The van der Waals surface area contributed by atoms with Gasteiger partial charge in [-0.05, 0) is 29.8 Å². The van der Waals surface area contributed by atoms with Crippen molar-refractivity contribution in [2.75, 3.05) is 6.54 Å². The van der Waals surface area contributed by atoms with Gasteiger partial charge in [0.05, 0.1) is 17.9 Å². The molecule has 7 heteroatoms. The van der Waals surface area contributed by atoms with Crippen molar-refractivity contribution in [3.63, 3.8) is 0 Å². The Bertz CT molecular complexity index is 591. The van der Waals surface area contributed by atoms with E-state index in [2.05, 4.69) is 5.32 Å². The van der Waals surface area contributed by atoms with Gasteiger partial charge in [-0.15, -0.1) is 0 Å². The lowest BCUT2D eigenvalue weighted by atomic mass is 10.1. The highest BCUT2D eigenvalue weighted by Crippen LogP contribution is 2.29. The summed E-state index contributed by atoms with van der Waals surface area (Å²) >= 11 is 0. The molecular formula is C14H12F3NO3. The van der Waals surface area contributed by atoms with Crippen molar-refractivity contribution in [1.82, 2.24) is 5.32 Å². The van der Waals surface area contributed by atoms with Crippen LogP contribution >= 0.6 is 0 Å². The molecule has 0 fully saturated rings. The second-order valence-electron chi connectivity index (χ2n) is 4.32. The Kier molecular flexibility index (Phi) is 4.32. The lowest BCUT2D eigenvalue weighted by molar-refractivity contribution is -0.137. The van der Waals surface area contributed by atoms with Crippen LogP contribution in [0.25, 0.3) is 0 Å². The van der Waals surface area contributed by atoms with Gasteiger partial charge in [-0.1, -0.05) is 12.1 Å². The highest BCUT2D eigenvalue weighted by Gasteiger charge is 2.30. The largest absolute Gasteiger partial charge is 0.459 e. The molecule has 2 N–H and O–H groups in total. The van der Waals surface area contributed by atoms with E-state index in [1.165, 1.54) is 24.5 Å². The lowest BCUT2D eigenvalue weighted by Gasteiger charge is -2.13. The van der Waals surface area contributed by atoms with E-state index in [1.54, 1.807) is 6.07 Å². The van der Waals surface area contributed by atoms with Gasteiger partial charge in [-0.3, -0.25) is 4.79 Å². The first-order valence-electron chi connectivity index (χ1n) is 6.05. The molecule has 112 valence electrons. The standard InChI is InChI=1S/C14H12F3NO3/c15-14(16,17)10-5-3-9(4-6-10)11(19)8-18-13(20)12-2-1-7-21-12/h1-7,11,19H,8H2,(H,18,20)/t11-/m1/s1. The maximum absolute atomic E-state index is 12.4. The molecule has 0 aliphatic carbocycles. The van der Waals surface area contributed by atoms with E-state index >= 15 is 0 Å². The number of amides is 1. The van der Waals surface area contributed by atoms with Gasteiger partial charge < -0.3 is 14.8 Å². The molecule has 4 nitrogen and oxygen atoms in total. The fraction of sp³-hybridized carbons (Fsp3) is 0.214. The van der Waals surface area contributed by atoms with E-state index in [0.717, 1.165) is 12.1 Å². The van der Waals surface area contributed by atoms with Crippen molar-refractivity contribution in [2.24, 2.45) is 0 Å². The van der Waals surface area contributed by atoms with Crippen molar-refractivity contribution in [2.45, 2.75) is 12.3 Å². The first-order valence-corrected chi connectivity index (χ1v) is 6.05. The molecule has 1 aromatic heterocycles. The van der Waals surface area contributed by atoms with E-state index in [0.29, 0.717) is 0 Å². The molecule has 0 radical (unpaired) electrons. The summed E-state index contributed by atoms with van der Waals surface area (Å²) in [6, 6.07) is 7.11. The molecule has 0 bridgehead atoms. The average Bonchev–Trinajstić information content (AvgIpc) is 2.98. The summed E-state index contributed by atoms with van der Waals surface area (Å²) < 4.78 is 42.1. The molecule has 0 saturated carbocycles. The number of aliphatic hydroxyl groups excluding tert-OH is 1. The Morgan fingerprint density at radius 2 is 1.90 bits per heavy atom. The van der Waals surface area contributed by atoms with Gasteiger partial charge in [0.25, 0.3) is 5.91 Å². The van der Waals surface area contributed by atoms with Gasteiger partial charge in [0.15, 0.2) is 5.76 Å². The fourth-order valence-corrected chi connectivity index (χ4v) is 1.70. The minimum Gasteiger partial charge on any atom is -0.459 e. The fourth-order valence-electron chi connectivity index (χ4n) is 1.70. The Balaban J connectivity index is 1.94. The Morgan fingerprint density at radius 3 is 2.43 bits per heavy atom. The number of hydrogen-bond acceptors (Lipinski definition) is 3. The van der Waals surface area contributed by atoms with Crippen molar-refractivity contribution >= 4 is 5.91 Å². The SMILES string of the molecule is O=C(NC[C@@H](O)c1ccc(C(F)(F)F)cc1)c1ccco1. The first kappa shape index (κ1) is 15.1. The minimum atomic E-state index is -4.42. The van der Waals surface area contributed by atoms with Crippen molar-refractivity contribution < 1.29 is 27.5 Å². The zero-order chi connectivity index (χ0) is 15.5. The molecule has 21 heavy (non-hydrogen) atoms. The summed E-state index contributed by atoms with van der Waals surface area (Å²) in [4.78, 5) is 11.6. The zero-order valence-corrected chi connectivity index (χ0v) is 10.7. The van der Waals surface area contributed by atoms with E-state index in [-0.39, 0.29) is 17.9 Å². The Hall–Kier alpha value is -2.28. The molecule has 0 unspecified atom stereocenters. The van der Waals surface area contributed by atoms with E-state index < -0.39 is 23.8 Å². The normalized spacial score (nSPS) is 13.0. The van der Waals surface area contributed by atoms with Gasteiger partial charge in [0.1, 0.15) is 0 Å².